The van der Waals surface area contributed by atoms with Crippen molar-refractivity contribution in [1.29, 1.82) is 0 Å². The quantitative estimate of drug-likeness (QED) is 0.122. The Kier molecular flexibility index (Phi) is 11.3. The molecule has 0 bridgehead atoms. The zero-order chi connectivity index (χ0) is 46.1. The highest BCUT2D eigenvalue weighted by Gasteiger charge is 2.24. The van der Waals surface area contributed by atoms with Gasteiger partial charge in [0.05, 0.1) is 29.4 Å². The first-order valence-electron chi connectivity index (χ1n) is 23.9. The summed E-state index contributed by atoms with van der Waals surface area (Å²) >= 11 is 1.87. The molecule has 1 aliphatic heterocycles. The minimum Gasteiger partial charge on any atom is -0.355 e. The van der Waals surface area contributed by atoms with Crippen molar-refractivity contribution in [2.75, 3.05) is 23.5 Å². The summed E-state index contributed by atoms with van der Waals surface area (Å²) in [6.07, 6.45) is 7.52. The lowest BCUT2D eigenvalue weighted by molar-refractivity contribution is 0.928. The van der Waals surface area contributed by atoms with E-state index in [1.165, 1.54) is 92.9 Å². The van der Waals surface area contributed by atoms with Crippen molar-refractivity contribution in [3.8, 4) is 55.9 Å². The van der Waals surface area contributed by atoms with Crippen molar-refractivity contribution in [3.05, 3.63) is 247 Å². The second-order valence-electron chi connectivity index (χ2n) is 18.2. The van der Waals surface area contributed by atoms with E-state index in [9.17, 15) is 0 Å². The van der Waals surface area contributed by atoms with E-state index in [0.29, 0.717) is 0 Å². The fourth-order valence-corrected chi connectivity index (χ4v) is 11.3. The fraction of sp³-hybridized carbons (Fsp3) is 0.0938. The van der Waals surface area contributed by atoms with Gasteiger partial charge in [0.25, 0.3) is 0 Å². The maximum Gasteiger partial charge on any atom is 0.0950 e. The molecule has 8 aromatic carbocycles. The number of thiophene rings is 1. The number of nitrogens with zero attached hydrogens (tertiary/aromatic N) is 4. The van der Waals surface area contributed by atoms with Gasteiger partial charge in [0.15, 0.2) is 0 Å². The summed E-state index contributed by atoms with van der Waals surface area (Å²) in [6.45, 7) is 0.848. The van der Waals surface area contributed by atoms with Gasteiger partial charge in [0.2, 0.25) is 0 Å². The van der Waals surface area contributed by atoms with Gasteiger partial charge in [-0.1, -0.05) is 146 Å². The Morgan fingerprint density at radius 1 is 0.391 bits per heavy atom. The third-order valence-electron chi connectivity index (χ3n) is 13.8. The molecule has 5 heteroatoms. The van der Waals surface area contributed by atoms with E-state index in [1.54, 1.807) is 0 Å². The highest BCUT2D eigenvalue weighted by molar-refractivity contribution is 7.25. The minimum atomic E-state index is 0.848. The third kappa shape index (κ3) is 8.58. The van der Waals surface area contributed by atoms with E-state index < -0.39 is 0 Å². The van der Waals surface area contributed by atoms with Gasteiger partial charge < -0.3 is 9.80 Å². The minimum absolute atomic E-state index is 0.848. The molecule has 11 aromatic rings. The molecular weight excluding hydrogens is 857 g/mol. The van der Waals surface area contributed by atoms with E-state index in [-0.39, 0.29) is 0 Å². The Bertz CT molecular complexity index is 3600. The summed E-state index contributed by atoms with van der Waals surface area (Å²) in [5.74, 6) is 0. The lowest BCUT2D eigenvalue weighted by Gasteiger charge is -2.20. The van der Waals surface area contributed by atoms with Gasteiger partial charge in [-0.3, -0.25) is 9.97 Å². The molecule has 0 amide bonds. The Balaban J connectivity index is 0.906. The molecule has 1 aliphatic rings. The first-order valence-corrected chi connectivity index (χ1v) is 24.8. The van der Waals surface area contributed by atoms with E-state index >= 15 is 0 Å². The molecular formula is C64H50N4S. The predicted octanol–water partition coefficient (Wildman–Crippen LogP) is 16.3. The SMILES string of the molecule is CN1CN(c2ccc(CCc3cc(CCc4ccc(-c5ccccn5)cc4)cc(-c4ccccc4-c4ccc(-c5ccccn5)cc4-c4ccc5c(c4)sc4ccccc45)c3)cc2)c2ccccc21. The van der Waals surface area contributed by atoms with Crippen LogP contribution in [0.25, 0.3) is 76.1 Å². The van der Waals surface area contributed by atoms with Crippen LogP contribution < -0.4 is 9.80 Å². The highest BCUT2D eigenvalue weighted by Crippen LogP contribution is 2.44. The van der Waals surface area contributed by atoms with Crippen LogP contribution in [-0.4, -0.2) is 23.7 Å². The number of hydrogen-bond acceptors (Lipinski definition) is 5. The zero-order valence-corrected chi connectivity index (χ0v) is 39.4. The van der Waals surface area contributed by atoms with Crippen LogP contribution in [0.3, 0.4) is 0 Å². The summed E-state index contributed by atoms with van der Waals surface area (Å²) in [5.41, 5.74) is 20.6. The monoisotopic (exact) mass is 906 g/mol. The van der Waals surface area contributed by atoms with Crippen LogP contribution in [0.1, 0.15) is 22.3 Å². The third-order valence-corrected chi connectivity index (χ3v) is 14.9. The van der Waals surface area contributed by atoms with Gasteiger partial charge in [-0.2, -0.15) is 0 Å². The number of aromatic nitrogens is 2. The van der Waals surface area contributed by atoms with Gasteiger partial charge in [-0.25, -0.2) is 0 Å². The molecule has 0 N–H and O–H groups in total. The Labute approximate surface area is 408 Å². The molecule has 4 nitrogen and oxygen atoms in total. The second kappa shape index (κ2) is 18.5. The maximum absolute atomic E-state index is 4.77. The molecule has 0 atom stereocenters. The second-order valence-corrected chi connectivity index (χ2v) is 19.3. The smallest absolute Gasteiger partial charge is 0.0950 e. The van der Waals surface area contributed by atoms with Crippen LogP contribution in [0.4, 0.5) is 17.1 Å². The first-order chi connectivity index (χ1) is 34.1. The van der Waals surface area contributed by atoms with E-state index in [0.717, 1.165) is 54.9 Å². The number of pyridine rings is 2. The summed E-state index contributed by atoms with van der Waals surface area (Å²) in [4.78, 5) is 14.1. The first kappa shape index (κ1) is 42.2. The molecule has 0 saturated heterocycles. The van der Waals surface area contributed by atoms with Crippen molar-refractivity contribution >= 4 is 48.6 Å². The summed E-state index contributed by atoms with van der Waals surface area (Å²) in [5, 5.41) is 2.61. The number of hydrogen-bond donors (Lipinski definition) is 0. The van der Waals surface area contributed by atoms with Crippen molar-refractivity contribution < 1.29 is 0 Å². The van der Waals surface area contributed by atoms with Crippen molar-refractivity contribution in [1.82, 2.24) is 9.97 Å². The average molecular weight is 907 g/mol. The van der Waals surface area contributed by atoms with Crippen LogP contribution in [0, 0.1) is 0 Å². The zero-order valence-electron chi connectivity index (χ0n) is 38.6. The largest absolute Gasteiger partial charge is 0.355 e. The van der Waals surface area contributed by atoms with Crippen molar-refractivity contribution in [2.45, 2.75) is 25.7 Å². The average Bonchev–Trinajstić information content (AvgIpc) is 3.97. The van der Waals surface area contributed by atoms with E-state index in [1.807, 2.05) is 41.9 Å². The normalized spacial score (nSPS) is 12.2. The molecule has 332 valence electrons. The Hall–Kier alpha value is -8.12. The van der Waals surface area contributed by atoms with Gasteiger partial charge in [-0.15, -0.1) is 11.3 Å². The van der Waals surface area contributed by atoms with Crippen LogP contribution in [0.5, 0.6) is 0 Å². The number of anilines is 3. The molecule has 0 unspecified atom stereocenters. The van der Waals surface area contributed by atoms with Gasteiger partial charge >= 0.3 is 0 Å². The van der Waals surface area contributed by atoms with Crippen molar-refractivity contribution in [2.24, 2.45) is 0 Å². The molecule has 3 aromatic heterocycles. The van der Waals surface area contributed by atoms with Crippen molar-refractivity contribution in [3.63, 3.8) is 0 Å². The highest BCUT2D eigenvalue weighted by atomic mass is 32.1. The number of aryl methyl sites for hydroxylation is 4. The van der Waals surface area contributed by atoms with Crippen LogP contribution in [-0.2, 0) is 25.7 Å². The van der Waals surface area contributed by atoms with Gasteiger partial charge in [0, 0.05) is 56.4 Å². The summed E-state index contributed by atoms with van der Waals surface area (Å²) in [6, 6.07) is 78.0. The Morgan fingerprint density at radius 2 is 0.957 bits per heavy atom. The molecule has 0 radical (unpaired) electrons. The van der Waals surface area contributed by atoms with Crippen LogP contribution in [0.15, 0.2) is 225 Å². The summed E-state index contributed by atoms with van der Waals surface area (Å²) in [7, 11) is 2.16. The predicted molar refractivity (Wildman–Crippen MR) is 292 cm³/mol. The molecule has 0 aliphatic carbocycles. The fourth-order valence-electron chi connectivity index (χ4n) is 10.2. The maximum atomic E-state index is 4.77. The van der Waals surface area contributed by atoms with E-state index in [4.69, 9.17) is 4.98 Å². The lowest BCUT2D eigenvalue weighted by atomic mass is 9.86. The standard InChI is InChI=1S/C64H50N4S/c1-67-43-68(62-18-6-5-17-61(62)67)52-32-26-45(27-33-52)21-23-47-38-46(22-20-44-24-28-48(29-25-44)59-15-8-10-36-65-59)39-51(40-47)53-12-2-3-13-54(53)55-34-31-50(60-16-9-11-37-66-60)41-58(55)49-30-35-57-56-14-4-7-19-63(56)69-64(57)42-49/h2-19,24-42H,20-23,43H2,1H3. The van der Waals surface area contributed by atoms with E-state index in [2.05, 4.69) is 216 Å². The molecule has 69 heavy (non-hydrogen) atoms. The van der Waals surface area contributed by atoms with Gasteiger partial charge in [-0.05, 0) is 148 Å². The number of benzene rings is 8. The van der Waals surface area contributed by atoms with Gasteiger partial charge in [0.1, 0.15) is 0 Å². The lowest BCUT2D eigenvalue weighted by Crippen LogP contribution is -2.23. The molecule has 0 spiro atoms. The number of para-hydroxylation sites is 2. The summed E-state index contributed by atoms with van der Waals surface area (Å²) < 4.78 is 2.61. The molecule has 12 rings (SSSR count). The molecule has 0 saturated carbocycles. The van der Waals surface area contributed by atoms with Crippen LogP contribution in [0.2, 0.25) is 0 Å². The Morgan fingerprint density at radius 3 is 1.68 bits per heavy atom. The number of fused-ring (bicyclic) bond motifs is 4. The molecule has 0 fully saturated rings. The molecule has 4 heterocycles. The topological polar surface area (TPSA) is 32.3 Å². The number of rotatable bonds is 12. The van der Waals surface area contributed by atoms with Crippen LogP contribution >= 0.6 is 11.3 Å².